The molecule has 1 aliphatic heterocycles. The van der Waals surface area contributed by atoms with E-state index in [0.29, 0.717) is 17.7 Å². The Morgan fingerprint density at radius 2 is 1.96 bits per heavy atom. The van der Waals surface area contributed by atoms with E-state index in [4.69, 9.17) is 4.42 Å². The molecule has 27 heavy (non-hydrogen) atoms. The molecule has 0 unspecified atom stereocenters. The van der Waals surface area contributed by atoms with E-state index in [1.807, 2.05) is 30.3 Å². The second kappa shape index (κ2) is 8.03. The van der Waals surface area contributed by atoms with Crippen molar-refractivity contribution in [2.45, 2.75) is 45.0 Å². The SMILES string of the molecule is Cc1cc(CCCc2ccccc2)oc(=O)c1C(=O)N1CCCC(F)(F)C1. The molecule has 0 spiro atoms. The molecule has 1 aromatic carbocycles. The van der Waals surface area contributed by atoms with Crippen molar-refractivity contribution in [1.82, 2.24) is 4.90 Å². The highest BCUT2D eigenvalue weighted by Gasteiger charge is 2.38. The van der Waals surface area contributed by atoms with Gasteiger partial charge in [0.05, 0.1) is 6.54 Å². The molecule has 1 amide bonds. The van der Waals surface area contributed by atoms with E-state index in [-0.39, 0.29) is 24.9 Å². The first-order chi connectivity index (χ1) is 12.9. The Labute approximate surface area is 156 Å². The summed E-state index contributed by atoms with van der Waals surface area (Å²) in [6.45, 7) is 1.22. The first kappa shape index (κ1) is 19.3. The van der Waals surface area contributed by atoms with E-state index in [1.54, 1.807) is 13.0 Å². The molecule has 2 heterocycles. The molecule has 1 aliphatic rings. The summed E-state index contributed by atoms with van der Waals surface area (Å²) in [7, 11) is 0. The fourth-order valence-corrected chi connectivity index (χ4v) is 3.46. The molecular weight excluding hydrogens is 352 g/mol. The lowest BCUT2D eigenvalue weighted by molar-refractivity contribution is -0.0561. The van der Waals surface area contributed by atoms with Gasteiger partial charge >= 0.3 is 5.63 Å². The van der Waals surface area contributed by atoms with Crippen molar-refractivity contribution in [3.8, 4) is 0 Å². The number of benzene rings is 1. The minimum absolute atomic E-state index is 0.139. The van der Waals surface area contributed by atoms with Gasteiger partial charge in [0.15, 0.2) is 0 Å². The van der Waals surface area contributed by atoms with Gasteiger partial charge in [-0.15, -0.1) is 0 Å². The summed E-state index contributed by atoms with van der Waals surface area (Å²) in [5.74, 6) is -3.07. The van der Waals surface area contributed by atoms with Crippen molar-refractivity contribution < 1.29 is 18.0 Å². The standard InChI is InChI=1S/C21H23F2NO3/c1-15-13-17(10-5-9-16-7-3-2-4-8-16)27-20(26)18(15)19(25)24-12-6-11-21(22,23)14-24/h2-4,7-8,13H,5-6,9-12,14H2,1H3. The number of rotatable bonds is 5. The number of aryl methyl sites for hydroxylation is 3. The highest BCUT2D eigenvalue weighted by Crippen LogP contribution is 2.27. The summed E-state index contributed by atoms with van der Waals surface area (Å²) in [6, 6.07) is 11.7. The highest BCUT2D eigenvalue weighted by atomic mass is 19.3. The van der Waals surface area contributed by atoms with Gasteiger partial charge in [-0.1, -0.05) is 30.3 Å². The predicted octanol–water partition coefficient (Wildman–Crippen LogP) is 3.99. The third kappa shape index (κ3) is 4.81. The maximum absolute atomic E-state index is 13.6. The highest BCUT2D eigenvalue weighted by molar-refractivity contribution is 5.95. The lowest BCUT2D eigenvalue weighted by Crippen LogP contribution is -2.47. The van der Waals surface area contributed by atoms with Crippen molar-refractivity contribution in [1.29, 1.82) is 0 Å². The van der Waals surface area contributed by atoms with Crippen LogP contribution in [-0.2, 0) is 12.8 Å². The molecule has 0 atom stereocenters. The normalized spacial score (nSPS) is 16.3. The van der Waals surface area contributed by atoms with Crippen LogP contribution in [0, 0.1) is 6.92 Å². The smallest absolute Gasteiger partial charge is 0.349 e. The Morgan fingerprint density at radius 1 is 1.22 bits per heavy atom. The van der Waals surface area contributed by atoms with Crippen LogP contribution in [0.25, 0.3) is 0 Å². The summed E-state index contributed by atoms with van der Waals surface area (Å²) < 4.78 is 32.5. The number of hydrogen-bond donors (Lipinski definition) is 0. The van der Waals surface area contributed by atoms with Crippen LogP contribution in [-0.4, -0.2) is 29.8 Å². The number of carbonyl (C=O) groups is 1. The fourth-order valence-electron chi connectivity index (χ4n) is 3.46. The van der Waals surface area contributed by atoms with Crippen LogP contribution in [0.4, 0.5) is 8.78 Å². The molecule has 4 nitrogen and oxygen atoms in total. The van der Waals surface area contributed by atoms with Gasteiger partial charge in [-0.05, 0) is 43.4 Å². The summed E-state index contributed by atoms with van der Waals surface area (Å²) in [5.41, 5.74) is 0.789. The van der Waals surface area contributed by atoms with Gasteiger partial charge in [0.2, 0.25) is 0 Å². The van der Waals surface area contributed by atoms with Gasteiger partial charge in [-0.25, -0.2) is 13.6 Å². The molecule has 2 aromatic rings. The second-order valence-corrected chi connectivity index (χ2v) is 7.08. The van der Waals surface area contributed by atoms with E-state index < -0.39 is 24.0 Å². The molecule has 6 heteroatoms. The van der Waals surface area contributed by atoms with Crippen LogP contribution in [0.5, 0.6) is 0 Å². The van der Waals surface area contributed by atoms with Crippen molar-refractivity contribution in [3.05, 3.63) is 69.3 Å². The number of amides is 1. The molecule has 1 fully saturated rings. The molecule has 0 radical (unpaired) electrons. The molecule has 1 saturated heterocycles. The predicted molar refractivity (Wildman–Crippen MR) is 98.3 cm³/mol. The van der Waals surface area contributed by atoms with Crippen molar-refractivity contribution >= 4 is 5.91 Å². The summed E-state index contributed by atoms with van der Waals surface area (Å²) >= 11 is 0. The number of hydrogen-bond acceptors (Lipinski definition) is 3. The number of halogens is 2. The van der Waals surface area contributed by atoms with E-state index >= 15 is 0 Å². The van der Waals surface area contributed by atoms with Gasteiger partial charge in [0.25, 0.3) is 11.8 Å². The Bertz CT molecular complexity index is 861. The van der Waals surface area contributed by atoms with Gasteiger partial charge in [-0.3, -0.25) is 4.79 Å². The minimum atomic E-state index is -2.90. The number of nitrogens with zero attached hydrogens (tertiary/aromatic N) is 1. The topological polar surface area (TPSA) is 50.5 Å². The Balaban J connectivity index is 1.69. The molecular formula is C21H23F2NO3. The maximum Gasteiger partial charge on any atom is 0.349 e. The van der Waals surface area contributed by atoms with Crippen molar-refractivity contribution in [2.24, 2.45) is 0 Å². The lowest BCUT2D eigenvalue weighted by atomic mass is 10.0. The summed E-state index contributed by atoms with van der Waals surface area (Å²) in [5, 5.41) is 0. The molecule has 0 bridgehead atoms. The van der Waals surface area contributed by atoms with E-state index in [9.17, 15) is 18.4 Å². The molecule has 0 aliphatic carbocycles. The second-order valence-electron chi connectivity index (χ2n) is 7.08. The van der Waals surface area contributed by atoms with E-state index in [0.717, 1.165) is 17.7 Å². The average molecular weight is 375 g/mol. The first-order valence-corrected chi connectivity index (χ1v) is 9.20. The van der Waals surface area contributed by atoms with Gasteiger partial charge < -0.3 is 9.32 Å². The quantitative estimate of drug-likeness (QED) is 0.794. The number of carbonyl (C=O) groups excluding carboxylic acids is 1. The van der Waals surface area contributed by atoms with Crippen LogP contribution < -0.4 is 5.63 Å². The third-order valence-electron chi connectivity index (χ3n) is 4.83. The molecule has 3 rings (SSSR count). The van der Waals surface area contributed by atoms with Gasteiger partial charge in [-0.2, -0.15) is 0 Å². The monoisotopic (exact) mass is 375 g/mol. The van der Waals surface area contributed by atoms with Gasteiger partial charge in [0.1, 0.15) is 11.3 Å². The molecule has 0 saturated carbocycles. The number of likely N-dealkylation sites (tertiary alicyclic amines) is 1. The van der Waals surface area contributed by atoms with Crippen LogP contribution in [0.3, 0.4) is 0 Å². The van der Waals surface area contributed by atoms with Gasteiger partial charge in [0, 0.05) is 19.4 Å². The Hall–Kier alpha value is -2.50. The molecule has 144 valence electrons. The molecule has 0 N–H and O–H groups in total. The van der Waals surface area contributed by atoms with Crippen LogP contribution in [0.1, 0.15) is 46.5 Å². The van der Waals surface area contributed by atoms with Crippen molar-refractivity contribution in [2.75, 3.05) is 13.1 Å². The number of piperidine rings is 1. The van der Waals surface area contributed by atoms with Crippen LogP contribution in [0.2, 0.25) is 0 Å². The zero-order chi connectivity index (χ0) is 19.4. The lowest BCUT2D eigenvalue weighted by Gasteiger charge is -2.32. The minimum Gasteiger partial charge on any atom is -0.427 e. The average Bonchev–Trinajstić information content (AvgIpc) is 2.61. The summed E-state index contributed by atoms with van der Waals surface area (Å²) in [4.78, 5) is 26.0. The molecule has 1 aromatic heterocycles. The fraction of sp³-hybridized carbons (Fsp3) is 0.429. The van der Waals surface area contributed by atoms with Crippen LogP contribution in [0.15, 0.2) is 45.6 Å². The zero-order valence-corrected chi connectivity index (χ0v) is 15.3. The first-order valence-electron chi connectivity index (χ1n) is 9.20. The maximum atomic E-state index is 13.6. The zero-order valence-electron chi connectivity index (χ0n) is 15.3. The Morgan fingerprint density at radius 3 is 2.63 bits per heavy atom. The third-order valence-corrected chi connectivity index (χ3v) is 4.83. The van der Waals surface area contributed by atoms with Crippen LogP contribution >= 0.6 is 0 Å². The van der Waals surface area contributed by atoms with Crippen molar-refractivity contribution in [3.63, 3.8) is 0 Å². The number of alkyl halides is 2. The largest absolute Gasteiger partial charge is 0.427 e. The Kier molecular flexibility index (Phi) is 5.73. The summed E-state index contributed by atoms with van der Waals surface area (Å²) in [6.07, 6.45) is 2.22. The van der Waals surface area contributed by atoms with E-state index in [2.05, 4.69) is 0 Å². The van der Waals surface area contributed by atoms with E-state index in [1.165, 1.54) is 5.56 Å².